The Morgan fingerprint density at radius 1 is 1.26 bits per heavy atom. The maximum absolute atomic E-state index is 12.3. The van der Waals surface area contributed by atoms with Gasteiger partial charge in [-0.1, -0.05) is 25.4 Å². The molecule has 1 aromatic carbocycles. The Labute approximate surface area is 167 Å². The molecule has 0 bridgehead atoms. The number of nitriles is 1. The number of carbonyl (C=O) groups excluding carboxylic acids is 1. The van der Waals surface area contributed by atoms with Crippen LogP contribution in [0.4, 0.5) is 0 Å². The monoisotopic (exact) mass is 394 g/mol. The van der Waals surface area contributed by atoms with Gasteiger partial charge in [0.2, 0.25) is 0 Å². The third kappa shape index (κ3) is 6.69. The summed E-state index contributed by atoms with van der Waals surface area (Å²) in [6.45, 7) is 11.7. The normalized spacial score (nSPS) is 21.9. The lowest BCUT2D eigenvalue weighted by Crippen LogP contribution is -3.28. The Balaban J connectivity index is 1.67. The number of benzene rings is 1. The van der Waals surface area contributed by atoms with Gasteiger partial charge in [-0.25, -0.2) is 0 Å². The fraction of sp³-hybridized carbons (Fsp3) is 0.600. The fourth-order valence-corrected chi connectivity index (χ4v) is 3.22. The van der Waals surface area contributed by atoms with Crippen molar-refractivity contribution in [3.8, 4) is 11.8 Å². The van der Waals surface area contributed by atoms with Crippen LogP contribution in [0.3, 0.4) is 0 Å². The van der Waals surface area contributed by atoms with Gasteiger partial charge in [-0.2, -0.15) is 5.26 Å². The third-order valence-electron chi connectivity index (χ3n) is 5.40. The van der Waals surface area contributed by atoms with Crippen LogP contribution in [0.1, 0.15) is 20.8 Å². The molecular weight excluding hydrogens is 364 g/mol. The van der Waals surface area contributed by atoms with Gasteiger partial charge in [0.05, 0.1) is 6.07 Å². The second-order valence-electron chi connectivity index (χ2n) is 7.75. The van der Waals surface area contributed by atoms with E-state index in [-0.39, 0.29) is 11.8 Å². The van der Waals surface area contributed by atoms with E-state index < -0.39 is 5.54 Å². The Kier molecular flexibility index (Phi) is 7.91. The predicted molar refractivity (Wildman–Crippen MR) is 105 cm³/mol. The van der Waals surface area contributed by atoms with Crippen molar-refractivity contribution in [3.05, 3.63) is 29.3 Å². The van der Waals surface area contributed by atoms with Gasteiger partial charge in [0, 0.05) is 5.02 Å². The minimum atomic E-state index is -0.803. The van der Waals surface area contributed by atoms with E-state index in [0.29, 0.717) is 18.2 Å². The summed E-state index contributed by atoms with van der Waals surface area (Å²) >= 11 is 5.87. The Morgan fingerprint density at radius 2 is 1.85 bits per heavy atom. The van der Waals surface area contributed by atoms with E-state index in [1.54, 1.807) is 6.92 Å². The summed E-state index contributed by atoms with van der Waals surface area (Å²) < 4.78 is 5.76. The highest BCUT2D eigenvalue weighted by Gasteiger charge is 2.32. The van der Waals surface area contributed by atoms with Crippen molar-refractivity contribution in [1.82, 2.24) is 5.32 Å². The summed E-state index contributed by atoms with van der Waals surface area (Å²) in [5, 5.41) is 12.9. The lowest BCUT2D eigenvalue weighted by molar-refractivity contribution is -1.01. The molecule has 1 aliphatic heterocycles. The fourth-order valence-electron chi connectivity index (χ4n) is 3.09. The second-order valence-corrected chi connectivity index (χ2v) is 8.18. The van der Waals surface area contributed by atoms with Crippen molar-refractivity contribution in [2.24, 2.45) is 5.92 Å². The number of hydrogen-bond donors (Lipinski definition) is 3. The van der Waals surface area contributed by atoms with Crippen LogP contribution >= 0.6 is 11.6 Å². The number of piperazine rings is 1. The van der Waals surface area contributed by atoms with Crippen molar-refractivity contribution in [2.75, 3.05) is 45.9 Å². The molecule has 0 radical (unpaired) electrons. The van der Waals surface area contributed by atoms with E-state index in [4.69, 9.17) is 16.3 Å². The minimum Gasteiger partial charge on any atom is -0.488 e. The number of quaternary nitrogens is 2. The number of halogens is 1. The average Bonchev–Trinajstić information content (AvgIpc) is 2.64. The molecule has 0 aliphatic carbocycles. The van der Waals surface area contributed by atoms with E-state index in [0.717, 1.165) is 38.5 Å². The average molecular weight is 395 g/mol. The molecule has 3 N–H and O–H groups in total. The first-order valence-electron chi connectivity index (χ1n) is 9.60. The Hall–Kier alpha value is -1.81. The smallest absolute Gasteiger partial charge is 0.276 e. The van der Waals surface area contributed by atoms with Crippen LogP contribution in [-0.4, -0.2) is 57.3 Å². The molecular formula is C20H31ClN4O2+2. The molecule has 1 heterocycles. The van der Waals surface area contributed by atoms with E-state index in [9.17, 15) is 10.1 Å². The summed E-state index contributed by atoms with van der Waals surface area (Å²) in [5.74, 6) is 0.867. The first kappa shape index (κ1) is 21.5. The third-order valence-corrected chi connectivity index (χ3v) is 5.65. The van der Waals surface area contributed by atoms with Crippen molar-refractivity contribution in [2.45, 2.75) is 26.3 Å². The van der Waals surface area contributed by atoms with Crippen molar-refractivity contribution in [1.29, 1.82) is 5.26 Å². The standard InChI is InChI=1S/C20H29ClN4O2/c1-16(2)20(3,15-22)23-19(26)14-25-10-8-24(9-11-25)12-13-27-18-6-4-17(21)5-7-18/h4-7,16H,8-14H2,1-3H3,(H,23,26)/p+2/t20-/m0/s1. The highest BCUT2D eigenvalue weighted by atomic mass is 35.5. The van der Waals surface area contributed by atoms with Crippen LogP contribution in [0.25, 0.3) is 0 Å². The lowest BCUT2D eigenvalue weighted by atomic mass is 9.90. The number of nitrogens with one attached hydrogen (secondary N) is 3. The Morgan fingerprint density at radius 3 is 2.41 bits per heavy atom. The number of nitrogens with zero attached hydrogens (tertiary/aromatic N) is 1. The van der Waals surface area contributed by atoms with Crippen LogP contribution in [-0.2, 0) is 4.79 Å². The highest BCUT2D eigenvalue weighted by molar-refractivity contribution is 6.30. The number of hydrogen-bond acceptors (Lipinski definition) is 3. The van der Waals surface area contributed by atoms with Crippen LogP contribution < -0.4 is 19.9 Å². The molecule has 1 aliphatic rings. The SMILES string of the molecule is CC(C)[C@](C)(C#N)NC(=O)C[NH+]1CC[NH+](CCOc2ccc(Cl)cc2)CC1. The van der Waals surface area contributed by atoms with Crippen LogP contribution in [0.5, 0.6) is 5.75 Å². The zero-order valence-corrected chi connectivity index (χ0v) is 17.2. The molecule has 0 spiro atoms. The van der Waals surface area contributed by atoms with Gasteiger partial charge < -0.3 is 19.9 Å². The molecule has 148 valence electrons. The Bertz CT molecular complexity index is 651. The van der Waals surface area contributed by atoms with Gasteiger partial charge in [-0.3, -0.25) is 4.79 Å². The highest BCUT2D eigenvalue weighted by Crippen LogP contribution is 2.15. The molecule has 0 saturated carbocycles. The van der Waals surface area contributed by atoms with E-state index in [2.05, 4.69) is 11.4 Å². The minimum absolute atomic E-state index is 0.0442. The molecule has 7 heteroatoms. The largest absolute Gasteiger partial charge is 0.488 e. The van der Waals surface area contributed by atoms with Gasteiger partial charge in [0.1, 0.15) is 50.6 Å². The van der Waals surface area contributed by atoms with Crippen molar-refractivity contribution >= 4 is 17.5 Å². The lowest BCUT2D eigenvalue weighted by Gasteiger charge is -2.31. The summed E-state index contributed by atoms with van der Waals surface area (Å²) in [6, 6.07) is 9.64. The molecule has 6 nitrogen and oxygen atoms in total. The van der Waals surface area contributed by atoms with Crippen LogP contribution in [0.15, 0.2) is 24.3 Å². The number of amides is 1. The van der Waals surface area contributed by atoms with Crippen LogP contribution in [0.2, 0.25) is 5.02 Å². The molecule has 0 unspecified atom stereocenters. The summed E-state index contributed by atoms with van der Waals surface area (Å²) in [4.78, 5) is 15.1. The topological polar surface area (TPSA) is 71.0 Å². The summed E-state index contributed by atoms with van der Waals surface area (Å²) in [6.07, 6.45) is 0. The van der Waals surface area contributed by atoms with Crippen molar-refractivity contribution in [3.63, 3.8) is 0 Å². The number of carbonyl (C=O) groups is 1. The second kappa shape index (κ2) is 9.93. The summed E-state index contributed by atoms with van der Waals surface area (Å²) in [7, 11) is 0. The quantitative estimate of drug-likeness (QED) is 0.559. The maximum atomic E-state index is 12.3. The van der Waals surface area contributed by atoms with Crippen LogP contribution in [0, 0.1) is 17.2 Å². The van der Waals surface area contributed by atoms with Gasteiger partial charge in [-0.05, 0) is 37.1 Å². The molecule has 1 amide bonds. The maximum Gasteiger partial charge on any atom is 0.276 e. The predicted octanol–water partition coefficient (Wildman–Crippen LogP) is -0.443. The van der Waals surface area contributed by atoms with Gasteiger partial charge in [0.25, 0.3) is 5.91 Å². The molecule has 27 heavy (non-hydrogen) atoms. The molecule has 1 saturated heterocycles. The first-order valence-corrected chi connectivity index (χ1v) is 9.98. The van der Waals surface area contributed by atoms with E-state index in [1.807, 2.05) is 38.1 Å². The van der Waals surface area contributed by atoms with Crippen molar-refractivity contribution < 1.29 is 19.3 Å². The first-order chi connectivity index (χ1) is 12.8. The van der Waals surface area contributed by atoms with E-state index in [1.165, 1.54) is 9.80 Å². The molecule has 1 atom stereocenters. The molecule has 1 fully saturated rings. The molecule has 1 aromatic rings. The van der Waals surface area contributed by atoms with Gasteiger partial charge >= 0.3 is 0 Å². The van der Waals surface area contributed by atoms with Gasteiger partial charge in [-0.15, -0.1) is 0 Å². The van der Waals surface area contributed by atoms with E-state index >= 15 is 0 Å². The zero-order chi connectivity index (χ0) is 19.9. The zero-order valence-electron chi connectivity index (χ0n) is 16.5. The molecule has 0 aromatic heterocycles. The summed E-state index contributed by atoms with van der Waals surface area (Å²) in [5.41, 5.74) is -0.803. The number of rotatable bonds is 8. The molecule has 2 rings (SSSR count). The van der Waals surface area contributed by atoms with Gasteiger partial charge in [0.15, 0.2) is 6.54 Å². The number of ether oxygens (including phenoxy) is 1.